The van der Waals surface area contributed by atoms with E-state index in [9.17, 15) is 0 Å². The van der Waals surface area contributed by atoms with Crippen LogP contribution in [0.2, 0.25) is 0 Å². The molecule has 2 heteroatoms. The highest BCUT2D eigenvalue weighted by Gasteiger charge is 2.20. The molecule has 1 aliphatic heterocycles. The van der Waals surface area contributed by atoms with E-state index in [1.807, 2.05) is 0 Å². The number of hydrogen-bond acceptors (Lipinski definition) is 2. The summed E-state index contributed by atoms with van der Waals surface area (Å²) >= 11 is 0. The minimum atomic E-state index is 0.242. The molecule has 1 fully saturated rings. The lowest BCUT2D eigenvalue weighted by molar-refractivity contribution is 0.423. The number of anilines is 1. The van der Waals surface area contributed by atoms with Crippen LogP contribution in [0.5, 0.6) is 0 Å². The van der Waals surface area contributed by atoms with Gasteiger partial charge in [-0.05, 0) is 48.9 Å². The summed E-state index contributed by atoms with van der Waals surface area (Å²) in [4.78, 5) is 2.53. The molecule has 1 saturated heterocycles. The first-order valence-corrected chi connectivity index (χ1v) is 8.09. The van der Waals surface area contributed by atoms with Gasteiger partial charge in [0.1, 0.15) is 0 Å². The third kappa shape index (κ3) is 3.99. The summed E-state index contributed by atoms with van der Waals surface area (Å²) in [6.45, 7) is 12.5. The van der Waals surface area contributed by atoms with Crippen molar-refractivity contribution in [3.63, 3.8) is 0 Å². The highest BCUT2D eigenvalue weighted by Crippen LogP contribution is 2.26. The van der Waals surface area contributed by atoms with Gasteiger partial charge >= 0.3 is 0 Å². The normalized spacial score (nSPS) is 20.2. The minimum Gasteiger partial charge on any atom is -0.370 e. The maximum atomic E-state index is 3.66. The molecule has 0 amide bonds. The van der Waals surface area contributed by atoms with Crippen LogP contribution in [0.4, 0.5) is 5.69 Å². The van der Waals surface area contributed by atoms with Crippen LogP contribution in [-0.4, -0.2) is 25.7 Å². The maximum Gasteiger partial charge on any atom is 0.0366 e. The first-order chi connectivity index (χ1) is 9.50. The molecule has 1 N–H and O–H groups in total. The maximum absolute atomic E-state index is 3.66. The van der Waals surface area contributed by atoms with Gasteiger partial charge in [-0.25, -0.2) is 0 Å². The Morgan fingerprint density at radius 2 is 1.90 bits per heavy atom. The number of hydrogen-bond donors (Lipinski definition) is 1. The lowest BCUT2D eigenvalue weighted by Crippen LogP contribution is -2.46. The largest absolute Gasteiger partial charge is 0.370 e. The van der Waals surface area contributed by atoms with Gasteiger partial charge in [0.2, 0.25) is 0 Å². The highest BCUT2D eigenvalue weighted by atomic mass is 15.2. The lowest BCUT2D eigenvalue weighted by atomic mass is 9.87. The Balaban J connectivity index is 2.00. The molecule has 0 bridgehead atoms. The Bertz CT molecular complexity index is 402. The molecule has 1 aromatic carbocycles. The quantitative estimate of drug-likeness (QED) is 0.894. The average Bonchev–Trinajstić information content (AvgIpc) is 2.45. The zero-order valence-electron chi connectivity index (χ0n) is 13.6. The van der Waals surface area contributed by atoms with Crippen molar-refractivity contribution in [1.29, 1.82) is 0 Å². The van der Waals surface area contributed by atoms with Gasteiger partial charge < -0.3 is 10.2 Å². The fraction of sp³-hybridized carbons (Fsp3) is 0.667. The summed E-state index contributed by atoms with van der Waals surface area (Å²) in [7, 11) is 0. The number of nitrogens with zero attached hydrogens (tertiary/aromatic N) is 1. The van der Waals surface area contributed by atoms with Gasteiger partial charge in [0, 0.05) is 24.8 Å². The lowest BCUT2D eigenvalue weighted by Gasteiger charge is -2.35. The second kappa shape index (κ2) is 6.62. The van der Waals surface area contributed by atoms with Gasteiger partial charge in [-0.1, -0.05) is 39.8 Å². The van der Waals surface area contributed by atoms with Crippen LogP contribution in [0, 0.1) is 0 Å². The van der Waals surface area contributed by atoms with Crippen LogP contribution in [0.3, 0.4) is 0 Å². The molecule has 1 aromatic rings. The predicted octanol–water partition coefficient (Wildman–Crippen LogP) is 3.95. The summed E-state index contributed by atoms with van der Waals surface area (Å²) in [5.41, 5.74) is 3.03. The van der Waals surface area contributed by atoms with Crippen molar-refractivity contribution in [3.05, 3.63) is 29.8 Å². The molecule has 1 atom stereocenters. The number of benzene rings is 1. The van der Waals surface area contributed by atoms with Crippen molar-refractivity contribution >= 4 is 5.69 Å². The van der Waals surface area contributed by atoms with Gasteiger partial charge in [0.25, 0.3) is 0 Å². The molecule has 0 aliphatic carbocycles. The fourth-order valence-electron chi connectivity index (χ4n) is 2.90. The van der Waals surface area contributed by atoms with Crippen LogP contribution in [0.25, 0.3) is 0 Å². The molecule has 1 heterocycles. The van der Waals surface area contributed by atoms with Crippen molar-refractivity contribution in [1.82, 2.24) is 5.32 Å². The molecule has 0 spiro atoms. The molecular formula is C18H30N2. The SMILES string of the molecule is CCCNC1CCCN(c2ccc(C(C)(C)C)cc2)C1. The van der Waals surface area contributed by atoms with E-state index < -0.39 is 0 Å². The van der Waals surface area contributed by atoms with Gasteiger partial charge in [-0.3, -0.25) is 0 Å². The Labute approximate surface area is 124 Å². The Hall–Kier alpha value is -1.02. The van der Waals surface area contributed by atoms with Crippen LogP contribution < -0.4 is 10.2 Å². The van der Waals surface area contributed by atoms with E-state index in [1.54, 1.807) is 0 Å². The average molecular weight is 274 g/mol. The molecule has 2 rings (SSSR count). The van der Waals surface area contributed by atoms with Gasteiger partial charge in [-0.2, -0.15) is 0 Å². The van der Waals surface area contributed by atoms with E-state index in [-0.39, 0.29) is 5.41 Å². The van der Waals surface area contributed by atoms with Crippen LogP contribution >= 0.6 is 0 Å². The highest BCUT2D eigenvalue weighted by molar-refractivity contribution is 5.49. The monoisotopic (exact) mass is 274 g/mol. The van der Waals surface area contributed by atoms with Gasteiger partial charge in [0.05, 0.1) is 0 Å². The van der Waals surface area contributed by atoms with E-state index >= 15 is 0 Å². The van der Waals surface area contributed by atoms with Crippen molar-refractivity contribution in [3.8, 4) is 0 Å². The summed E-state index contributed by atoms with van der Waals surface area (Å²) in [6.07, 6.45) is 3.83. The van der Waals surface area contributed by atoms with E-state index in [1.165, 1.54) is 37.1 Å². The van der Waals surface area contributed by atoms with E-state index in [0.29, 0.717) is 6.04 Å². The van der Waals surface area contributed by atoms with Gasteiger partial charge in [-0.15, -0.1) is 0 Å². The fourth-order valence-corrected chi connectivity index (χ4v) is 2.90. The van der Waals surface area contributed by atoms with Crippen molar-refractivity contribution < 1.29 is 0 Å². The first-order valence-electron chi connectivity index (χ1n) is 8.09. The van der Waals surface area contributed by atoms with Crippen LogP contribution in [0.1, 0.15) is 52.5 Å². The molecule has 112 valence electrons. The Kier molecular flexibility index (Phi) is 5.09. The molecule has 0 aromatic heterocycles. The van der Waals surface area contributed by atoms with Crippen molar-refractivity contribution in [2.24, 2.45) is 0 Å². The molecule has 0 saturated carbocycles. The summed E-state index contributed by atoms with van der Waals surface area (Å²) in [6, 6.07) is 9.83. The Morgan fingerprint density at radius 3 is 2.50 bits per heavy atom. The van der Waals surface area contributed by atoms with E-state index in [4.69, 9.17) is 0 Å². The van der Waals surface area contributed by atoms with Crippen LogP contribution in [-0.2, 0) is 5.41 Å². The number of rotatable bonds is 4. The standard InChI is InChI=1S/C18H30N2/c1-5-12-19-16-7-6-13-20(14-16)17-10-8-15(9-11-17)18(2,3)4/h8-11,16,19H,5-7,12-14H2,1-4H3. The molecule has 1 unspecified atom stereocenters. The Morgan fingerprint density at radius 1 is 1.20 bits per heavy atom. The molecular weight excluding hydrogens is 244 g/mol. The second-order valence-corrected chi connectivity index (χ2v) is 7.04. The van der Waals surface area contributed by atoms with E-state index in [2.05, 4.69) is 62.2 Å². The number of nitrogens with one attached hydrogen (secondary N) is 1. The summed E-state index contributed by atoms with van der Waals surface area (Å²) in [5.74, 6) is 0. The molecule has 0 radical (unpaired) electrons. The molecule has 1 aliphatic rings. The zero-order chi connectivity index (χ0) is 14.6. The van der Waals surface area contributed by atoms with E-state index in [0.717, 1.165) is 13.1 Å². The van der Waals surface area contributed by atoms with Crippen molar-refractivity contribution in [2.75, 3.05) is 24.5 Å². The summed E-state index contributed by atoms with van der Waals surface area (Å²) in [5, 5.41) is 3.66. The van der Waals surface area contributed by atoms with Crippen molar-refractivity contribution in [2.45, 2.75) is 58.4 Å². The van der Waals surface area contributed by atoms with Gasteiger partial charge in [0.15, 0.2) is 0 Å². The zero-order valence-corrected chi connectivity index (χ0v) is 13.6. The molecule has 2 nitrogen and oxygen atoms in total. The first kappa shape index (κ1) is 15.4. The second-order valence-electron chi connectivity index (χ2n) is 7.04. The minimum absolute atomic E-state index is 0.242. The van der Waals surface area contributed by atoms with Crippen LogP contribution in [0.15, 0.2) is 24.3 Å². The summed E-state index contributed by atoms with van der Waals surface area (Å²) < 4.78 is 0. The third-order valence-electron chi connectivity index (χ3n) is 4.20. The third-order valence-corrected chi connectivity index (χ3v) is 4.20. The number of piperidine rings is 1. The smallest absolute Gasteiger partial charge is 0.0366 e. The molecule has 20 heavy (non-hydrogen) atoms. The predicted molar refractivity (Wildman–Crippen MR) is 88.7 cm³/mol. The topological polar surface area (TPSA) is 15.3 Å².